The van der Waals surface area contributed by atoms with Gasteiger partial charge in [0.2, 0.25) is 0 Å². The first-order valence-electron chi connectivity index (χ1n) is 10.4. The summed E-state index contributed by atoms with van der Waals surface area (Å²) in [6.45, 7) is 1.74. The number of anilines is 1. The summed E-state index contributed by atoms with van der Waals surface area (Å²) in [4.78, 5) is 45.2. The number of ether oxygens (including phenoxy) is 2. The highest BCUT2D eigenvalue weighted by Gasteiger charge is 2.41. The number of thioether (sulfide) groups is 1. The first-order chi connectivity index (χ1) is 15.9. The van der Waals surface area contributed by atoms with Gasteiger partial charge in [-0.2, -0.15) is 0 Å². The zero-order chi connectivity index (χ0) is 23.2. The van der Waals surface area contributed by atoms with Crippen LogP contribution in [0.2, 0.25) is 0 Å². The van der Waals surface area contributed by atoms with E-state index in [2.05, 4.69) is 0 Å². The molecule has 0 aromatic carbocycles. The molecule has 3 saturated heterocycles. The van der Waals surface area contributed by atoms with Crippen molar-refractivity contribution >= 4 is 57.7 Å². The fraction of sp³-hybridized carbons (Fsp3) is 0.381. The summed E-state index contributed by atoms with van der Waals surface area (Å²) < 4.78 is 13.2. The average molecular weight is 489 g/mol. The second-order valence-electron chi connectivity index (χ2n) is 7.84. The maximum absolute atomic E-state index is 13.4. The van der Waals surface area contributed by atoms with Crippen molar-refractivity contribution in [1.82, 2.24) is 14.3 Å². The molecule has 0 unspecified atom stereocenters. The highest BCUT2D eigenvalue weighted by atomic mass is 32.2. The van der Waals surface area contributed by atoms with Crippen molar-refractivity contribution in [2.75, 3.05) is 37.7 Å². The number of nitrogens with zero attached hydrogens (tertiary/aromatic N) is 4. The van der Waals surface area contributed by atoms with Crippen LogP contribution in [0.4, 0.5) is 5.82 Å². The lowest BCUT2D eigenvalue weighted by Crippen LogP contribution is -2.46. The van der Waals surface area contributed by atoms with Crippen molar-refractivity contribution in [3.8, 4) is 0 Å². The molecule has 0 saturated carbocycles. The van der Waals surface area contributed by atoms with E-state index in [4.69, 9.17) is 31.8 Å². The molecule has 5 heterocycles. The molecule has 0 bridgehead atoms. The number of aromatic nitrogens is 2. The lowest BCUT2D eigenvalue weighted by atomic mass is 10.0. The van der Waals surface area contributed by atoms with Gasteiger partial charge in [-0.15, -0.1) is 0 Å². The molecule has 1 N–H and O–H groups in total. The smallest absolute Gasteiger partial charge is 0.323 e. The van der Waals surface area contributed by atoms with Gasteiger partial charge in [0.15, 0.2) is 5.79 Å². The van der Waals surface area contributed by atoms with E-state index >= 15 is 0 Å². The van der Waals surface area contributed by atoms with Gasteiger partial charge in [-0.1, -0.05) is 30.0 Å². The molecule has 3 fully saturated rings. The number of hydrogen-bond donors (Lipinski definition) is 1. The Labute approximate surface area is 197 Å². The van der Waals surface area contributed by atoms with Crippen LogP contribution in [0.5, 0.6) is 0 Å². The van der Waals surface area contributed by atoms with E-state index in [0.717, 1.165) is 16.7 Å². The number of amides is 1. The molecule has 10 nitrogen and oxygen atoms in total. The largest absolute Gasteiger partial charge is 0.480 e. The van der Waals surface area contributed by atoms with Gasteiger partial charge in [-0.3, -0.25) is 23.7 Å². The Kier molecular flexibility index (Phi) is 5.69. The predicted octanol–water partition coefficient (Wildman–Crippen LogP) is 1.32. The Morgan fingerprint density at radius 2 is 1.97 bits per heavy atom. The van der Waals surface area contributed by atoms with E-state index in [9.17, 15) is 14.4 Å². The van der Waals surface area contributed by atoms with Gasteiger partial charge in [0.25, 0.3) is 11.5 Å². The molecule has 0 atom stereocenters. The number of pyridine rings is 1. The highest BCUT2D eigenvalue weighted by Crippen LogP contribution is 2.36. The van der Waals surface area contributed by atoms with Crippen molar-refractivity contribution in [1.29, 1.82) is 0 Å². The fourth-order valence-electron chi connectivity index (χ4n) is 4.21. The third-order valence-corrected chi connectivity index (χ3v) is 7.21. The number of carboxylic acids is 1. The molecule has 33 heavy (non-hydrogen) atoms. The third kappa shape index (κ3) is 4.03. The summed E-state index contributed by atoms with van der Waals surface area (Å²) in [7, 11) is 0. The van der Waals surface area contributed by atoms with Crippen molar-refractivity contribution in [2.24, 2.45) is 0 Å². The van der Waals surface area contributed by atoms with E-state index in [-0.39, 0.29) is 20.3 Å². The van der Waals surface area contributed by atoms with Gasteiger partial charge in [-0.25, -0.2) is 4.98 Å². The van der Waals surface area contributed by atoms with Crippen LogP contribution in [0.1, 0.15) is 18.4 Å². The molecule has 0 aliphatic carbocycles. The summed E-state index contributed by atoms with van der Waals surface area (Å²) in [5.74, 6) is -1.83. The molecule has 172 valence electrons. The maximum Gasteiger partial charge on any atom is 0.323 e. The number of rotatable bonds is 4. The summed E-state index contributed by atoms with van der Waals surface area (Å²) in [6, 6.07) is 5.27. The Hall–Kier alpha value is -2.80. The summed E-state index contributed by atoms with van der Waals surface area (Å²) >= 11 is 6.16. The Balaban J connectivity index is 1.55. The number of carbonyl (C=O) groups excluding carboxylic acids is 1. The number of carboxylic acid groups (broad SMARTS) is 1. The quantitative estimate of drug-likeness (QED) is 0.499. The van der Waals surface area contributed by atoms with Crippen LogP contribution in [-0.4, -0.2) is 74.2 Å². The molecule has 1 amide bonds. The third-order valence-electron chi connectivity index (χ3n) is 5.83. The van der Waals surface area contributed by atoms with Gasteiger partial charge in [0, 0.05) is 32.1 Å². The molecule has 3 aliphatic heterocycles. The standard InChI is InChI=1S/C21H20N4O6S2/c26-16(27)12-25-19(29)14(33-20(25)32)11-13-17(22-15-3-1-2-6-24(15)18(13)28)23-7-4-21(5-8-23)30-9-10-31-21/h1-3,6,11H,4-5,7-10,12H2,(H,26,27)/b14-11+. The number of hydrogen-bond acceptors (Lipinski definition) is 9. The minimum absolute atomic E-state index is 0.138. The van der Waals surface area contributed by atoms with Gasteiger partial charge in [-0.05, 0) is 18.2 Å². The molecule has 2 aromatic heterocycles. The minimum Gasteiger partial charge on any atom is -0.480 e. The van der Waals surface area contributed by atoms with Crippen LogP contribution in [0.25, 0.3) is 11.7 Å². The zero-order valence-corrected chi connectivity index (χ0v) is 19.1. The Bertz CT molecular complexity index is 1240. The van der Waals surface area contributed by atoms with Crippen LogP contribution in [-0.2, 0) is 19.1 Å². The predicted molar refractivity (Wildman–Crippen MR) is 125 cm³/mol. The number of aliphatic carboxylic acids is 1. The van der Waals surface area contributed by atoms with Gasteiger partial charge in [0.05, 0.1) is 23.7 Å². The first kappa shape index (κ1) is 22.0. The van der Waals surface area contributed by atoms with E-state index in [1.807, 2.05) is 4.90 Å². The SMILES string of the molecule is O=C(O)CN1C(=O)/C(=C\c2c(N3CCC4(CC3)OCCO4)nc3ccccn3c2=O)SC1=S. The average Bonchev–Trinajstić information content (AvgIpc) is 3.36. The van der Waals surface area contributed by atoms with Gasteiger partial charge < -0.3 is 19.5 Å². The number of piperidine rings is 1. The number of carbonyl (C=O) groups is 2. The minimum atomic E-state index is -1.17. The van der Waals surface area contributed by atoms with E-state index in [1.54, 1.807) is 24.4 Å². The van der Waals surface area contributed by atoms with Crippen LogP contribution in [0.3, 0.4) is 0 Å². The van der Waals surface area contributed by atoms with Crippen molar-refractivity contribution < 1.29 is 24.2 Å². The Morgan fingerprint density at radius 3 is 2.67 bits per heavy atom. The van der Waals surface area contributed by atoms with Crippen molar-refractivity contribution in [3.05, 3.63) is 45.2 Å². The molecule has 12 heteroatoms. The topological polar surface area (TPSA) is 114 Å². The molecule has 0 radical (unpaired) electrons. The summed E-state index contributed by atoms with van der Waals surface area (Å²) in [5.41, 5.74) is 0.410. The molecule has 5 rings (SSSR count). The second-order valence-corrected chi connectivity index (χ2v) is 9.52. The fourth-order valence-corrected chi connectivity index (χ4v) is 5.44. The maximum atomic E-state index is 13.4. The monoisotopic (exact) mass is 488 g/mol. The van der Waals surface area contributed by atoms with Crippen molar-refractivity contribution in [3.63, 3.8) is 0 Å². The molecular weight excluding hydrogens is 468 g/mol. The zero-order valence-electron chi connectivity index (χ0n) is 17.4. The molecule has 1 spiro atoms. The highest BCUT2D eigenvalue weighted by molar-refractivity contribution is 8.26. The van der Waals surface area contributed by atoms with Crippen molar-refractivity contribution in [2.45, 2.75) is 18.6 Å². The van der Waals surface area contributed by atoms with E-state index in [1.165, 1.54) is 10.5 Å². The van der Waals surface area contributed by atoms with Crippen LogP contribution < -0.4 is 10.5 Å². The first-order valence-corrected chi connectivity index (χ1v) is 11.6. The van der Waals surface area contributed by atoms with Crippen LogP contribution >= 0.6 is 24.0 Å². The van der Waals surface area contributed by atoms with Gasteiger partial charge in [0.1, 0.15) is 22.3 Å². The normalized spacial score (nSPS) is 21.6. The Morgan fingerprint density at radius 1 is 1.24 bits per heavy atom. The molecule has 2 aromatic rings. The molecular formula is C21H20N4O6S2. The number of fused-ring (bicyclic) bond motifs is 1. The van der Waals surface area contributed by atoms with Crippen LogP contribution in [0.15, 0.2) is 34.1 Å². The summed E-state index contributed by atoms with van der Waals surface area (Å²) in [5, 5.41) is 9.08. The lowest BCUT2D eigenvalue weighted by molar-refractivity contribution is -0.169. The van der Waals surface area contributed by atoms with Gasteiger partial charge >= 0.3 is 5.97 Å². The van der Waals surface area contributed by atoms with Crippen LogP contribution in [0, 0.1) is 0 Å². The number of thiocarbonyl (C=S) groups is 1. The molecule has 3 aliphatic rings. The summed E-state index contributed by atoms with van der Waals surface area (Å²) in [6.07, 6.45) is 4.34. The van der Waals surface area contributed by atoms with E-state index < -0.39 is 24.2 Å². The lowest BCUT2D eigenvalue weighted by Gasteiger charge is -2.38. The van der Waals surface area contributed by atoms with E-state index in [0.29, 0.717) is 50.6 Å². The second kappa shape index (κ2) is 8.52.